The van der Waals surface area contributed by atoms with E-state index in [2.05, 4.69) is 9.80 Å². The van der Waals surface area contributed by atoms with Crippen molar-refractivity contribution in [1.82, 2.24) is 9.80 Å². The molecule has 5 nitrogen and oxygen atoms in total. The van der Waals surface area contributed by atoms with Crippen LogP contribution in [0.5, 0.6) is 0 Å². The molecular formula is C16H24FN3O2. The Morgan fingerprint density at radius 2 is 2.14 bits per heavy atom. The van der Waals surface area contributed by atoms with E-state index in [1.54, 1.807) is 12.1 Å². The van der Waals surface area contributed by atoms with E-state index in [0.29, 0.717) is 31.5 Å². The Kier molecular flexibility index (Phi) is 6.30. The second-order valence-electron chi connectivity index (χ2n) is 5.74. The molecular weight excluding hydrogens is 285 g/mol. The predicted molar refractivity (Wildman–Crippen MR) is 82.6 cm³/mol. The second kappa shape index (κ2) is 8.22. The van der Waals surface area contributed by atoms with E-state index in [1.165, 1.54) is 6.07 Å². The Labute approximate surface area is 130 Å². The van der Waals surface area contributed by atoms with E-state index in [-0.39, 0.29) is 24.4 Å². The van der Waals surface area contributed by atoms with Gasteiger partial charge in [0.05, 0.1) is 0 Å². The highest BCUT2D eigenvalue weighted by atomic mass is 19.1. The predicted octanol–water partition coefficient (Wildman–Crippen LogP) is 0.570. The molecule has 0 spiro atoms. The van der Waals surface area contributed by atoms with E-state index >= 15 is 0 Å². The van der Waals surface area contributed by atoms with E-state index < -0.39 is 0 Å². The third-order valence-electron chi connectivity index (χ3n) is 4.16. The first-order valence-electron chi connectivity index (χ1n) is 7.69. The molecule has 1 aromatic rings. The molecule has 1 fully saturated rings. The minimum Gasteiger partial charge on any atom is -0.396 e. The SMILES string of the molecule is NC(=O)CCN1CCN(Cc2ccccc2F)[C@@H](CCO)C1. The highest BCUT2D eigenvalue weighted by Crippen LogP contribution is 2.18. The summed E-state index contributed by atoms with van der Waals surface area (Å²) in [4.78, 5) is 15.3. The fourth-order valence-corrected chi connectivity index (χ4v) is 2.91. The minimum absolute atomic E-state index is 0.0993. The summed E-state index contributed by atoms with van der Waals surface area (Å²) >= 11 is 0. The molecule has 122 valence electrons. The number of rotatable bonds is 7. The highest BCUT2D eigenvalue weighted by Gasteiger charge is 2.27. The summed E-state index contributed by atoms with van der Waals surface area (Å²) in [7, 11) is 0. The maximum absolute atomic E-state index is 13.8. The number of nitrogens with zero attached hydrogens (tertiary/aromatic N) is 2. The minimum atomic E-state index is -0.299. The number of carbonyl (C=O) groups excluding carboxylic acids is 1. The fraction of sp³-hybridized carbons (Fsp3) is 0.562. The lowest BCUT2D eigenvalue weighted by Crippen LogP contribution is -2.53. The number of hydrogen-bond acceptors (Lipinski definition) is 4. The van der Waals surface area contributed by atoms with Gasteiger partial charge in [-0.25, -0.2) is 4.39 Å². The summed E-state index contributed by atoms with van der Waals surface area (Å²) < 4.78 is 13.8. The van der Waals surface area contributed by atoms with Gasteiger partial charge in [0.25, 0.3) is 0 Å². The molecule has 0 aromatic heterocycles. The van der Waals surface area contributed by atoms with Crippen LogP contribution in [0.15, 0.2) is 24.3 Å². The molecule has 1 atom stereocenters. The summed E-state index contributed by atoms with van der Waals surface area (Å²) in [6.07, 6.45) is 0.987. The number of piperazine rings is 1. The van der Waals surface area contributed by atoms with Crippen LogP contribution in [0, 0.1) is 5.82 Å². The maximum atomic E-state index is 13.8. The smallest absolute Gasteiger partial charge is 0.218 e. The summed E-state index contributed by atoms with van der Waals surface area (Å²) in [5.74, 6) is -0.492. The van der Waals surface area contributed by atoms with Gasteiger partial charge < -0.3 is 10.8 Å². The van der Waals surface area contributed by atoms with Gasteiger partial charge in [-0.15, -0.1) is 0 Å². The molecule has 2 rings (SSSR count). The van der Waals surface area contributed by atoms with Crippen molar-refractivity contribution >= 4 is 5.91 Å². The van der Waals surface area contributed by atoms with Gasteiger partial charge in [-0.2, -0.15) is 0 Å². The number of hydrogen-bond donors (Lipinski definition) is 2. The third-order valence-corrected chi connectivity index (χ3v) is 4.16. The van der Waals surface area contributed by atoms with Gasteiger partial charge in [-0.3, -0.25) is 14.6 Å². The van der Waals surface area contributed by atoms with Crippen molar-refractivity contribution in [2.75, 3.05) is 32.8 Å². The van der Waals surface area contributed by atoms with Crippen LogP contribution < -0.4 is 5.73 Å². The Morgan fingerprint density at radius 1 is 1.36 bits per heavy atom. The van der Waals surface area contributed by atoms with E-state index in [4.69, 9.17) is 5.73 Å². The largest absolute Gasteiger partial charge is 0.396 e. The Morgan fingerprint density at radius 3 is 2.82 bits per heavy atom. The van der Waals surface area contributed by atoms with Gasteiger partial charge in [-0.05, 0) is 12.5 Å². The van der Waals surface area contributed by atoms with E-state index in [9.17, 15) is 14.3 Å². The van der Waals surface area contributed by atoms with Gasteiger partial charge in [-0.1, -0.05) is 18.2 Å². The molecule has 1 aliphatic rings. The topological polar surface area (TPSA) is 69.8 Å². The summed E-state index contributed by atoms with van der Waals surface area (Å²) in [6, 6.07) is 6.95. The molecule has 0 unspecified atom stereocenters. The van der Waals surface area contributed by atoms with Crippen molar-refractivity contribution < 1.29 is 14.3 Å². The van der Waals surface area contributed by atoms with Crippen LogP contribution in [-0.4, -0.2) is 59.6 Å². The molecule has 1 aromatic carbocycles. The number of aliphatic hydroxyl groups excluding tert-OH is 1. The van der Waals surface area contributed by atoms with Gasteiger partial charge in [0.15, 0.2) is 0 Å². The summed E-state index contributed by atoms with van der Waals surface area (Å²) in [5, 5.41) is 9.27. The van der Waals surface area contributed by atoms with Crippen LogP contribution >= 0.6 is 0 Å². The van der Waals surface area contributed by atoms with Gasteiger partial charge in [0.1, 0.15) is 5.82 Å². The molecule has 0 radical (unpaired) electrons. The number of carbonyl (C=O) groups is 1. The molecule has 1 amide bonds. The van der Waals surface area contributed by atoms with Crippen molar-refractivity contribution in [3.63, 3.8) is 0 Å². The molecule has 3 N–H and O–H groups in total. The number of nitrogens with two attached hydrogens (primary N) is 1. The van der Waals surface area contributed by atoms with Gasteiger partial charge >= 0.3 is 0 Å². The number of primary amides is 1. The number of halogens is 1. The molecule has 1 aliphatic heterocycles. The van der Waals surface area contributed by atoms with Crippen LogP contribution in [0.3, 0.4) is 0 Å². The first-order chi connectivity index (χ1) is 10.6. The average Bonchev–Trinajstić information content (AvgIpc) is 2.50. The molecule has 0 aliphatic carbocycles. The fourth-order valence-electron chi connectivity index (χ4n) is 2.91. The van der Waals surface area contributed by atoms with Crippen LogP contribution in [0.1, 0.15) is 18.4 Å². The summed E-state index contributed by atoms with van der Waals surface area (Å²) in [5.41, 5.74) is 5.87. The zero-order valence-electron chi connectivity index (χ0n) is 12.7. The quantitative estimate of drug-likeness (QED) is 0.772. The lowest BCUT2D eigenvalue weighted by atomic mass is 10.1. The Hall–Kier alpha value is -1.50. The van der Waals surface area contributed by atoms with E-state index in [1.807, 2.05) is 6.07 Å². The molecule has 0 saturated carbocycles. The van der Waals surface area contributed by atoms with Gasteiger partial charge in [0.2, 0.25) is 5.91 Å². The Balaban J connectivity index is 1.96. The monoisotopic (exact) mass is 309 g/mol. The lowest BCUT2D eigenvalue weighted by molar-refractivity contribution is -0.118. The standard InChI is InChI=1S/C16H24FN3O2/c17-15-4-2-1-3-13(15)11-20-9-8-19(7-5-16(18)22)12-14(20)6-10-21/h1-4,14,21H,5-12H2,(H2,18,22)/t14-/m0/s1. The number of benzene rings is 1. The second-order valence-corrected chi connectivity index (χ2v) is 5.74. The van der Waals surface area contributed by atoms with Crippen molar-refractivity contribution in [3.05, 3.63) is 35.6 Å². The molecule has 1 heterocycles. The van der Waals surface area contributed by atoms with Gasteiger partial charge in [0, 0.05) is 57.4 Å². The number of aliphatic hydroxyl groups is 1. The van der Waals surface area contributed by atoms with Crippen LogP contribution in [0.2, 0.25) is 0 Å². The average molecular weight is 309 g/mol. The normalized spacial score (nSPS) is 20.2. The van der Waals surface area contributed by atoms with Crippen LogP contribution in [0.4, 0.5) is 4.39 Å². The van der Waals surface area contributed by atoms with Crippen LogP contribution in [0.25, 0.3) is 0 Å². The Bertz CT molecular complexity index is 498. The zero-order valence-corrected chi connectivity index (χ0v) is 12.7. The zero-order chi connectivity index (χ0) is 15.9. The molecule has 22 heavy (non-hydrogen) atoms. The molecule has 6 heteroatoms. The highest BCUT2D eigenvalue weighted by molar-refractivity contribution is 5.73. The number of amides is 1. The van der Waals surface area contributed by atoms with Crippen molar-refractivity contribution in [2.24, 2.45) is 5.73 Å². The summed E-state index contributed by atoms with van der Waals surface area (Å²) in [6.45, 7) is 3.66. The van der Waals surface area contributed by atoms with Crippen molar-refractivity contribution in [1.29, 1.82) is 0 Å². The van der Waals surface area contributed by atoms with Crippen LogP contribution in [-0.2, 0) is 11.3 Å². The van der Waals surface area contributed by atoms with E-state index in [0.717, 1.165) is 19.6 Å². The third kappa shape index (κ3) is 4.76. The maximum Gasteiger partial charge on any atom is 0.218 e. The van der Waals surface area contributed by atoms with Crippen molar-refractivity contribution in [2.45, 2.75) is 25.4 Å². The molecule has 0 bridgehead atoms. The lowest BCUT2D eigenvalue weighted by Gasteiger charge is -2.41. The first kappa shape index (κ1) is 16.9. The molecule has 1 saturated heterocycles. The van der Waals surface area contributed by atoms with Crippen molar-refractivity contribution in [3.8, 4) is 0 Å². The first-order valence-corrected chi connectivity index (χ1v) is 7.69.